The van der Waals surface area contributed by atoms with Crippen molar-refractivity contribution in [1.29, 1.82) is 0 Å². The Morgan fingerprint density at radius 3 is 1.47 bits per heavy atom. The van der Waals surface area contributed by atoms with Crippen LogP contribution in [0.5, 0.6) is 0 Å². The van der Waals surface area contributed by atoms with Gasteiger partial charge in [0.05, 0.1) is 17.1 Å². The zero-order valence-corrected chi connectivity index (χ0v) is 25.0. The maximum atomic E-state index is 6.39. The topological polar surface area (TPSA) is 37.8 Å². The van der Waals surface area contributed by atoms with Crippen molar-refractivity contribution in [3.05, 3.63) is 94.8 Å². The normalized spacial score (nSPS) is 12.5. The summed E-state index contributed by atoms with van der Waals surface area (Å²) in [6, 6.07) is 25.0. The van der Waals surface area contributed by atoms with Gasteiger partial charge in [-0.3, -0.25) is 9.97 Å². The van der Waals surface area contributed by atoms with Crippen LogP contribution in [0.3, 0.4) is 0 Å². The second kappa shape index (κ2) is 10.2. The first-order valence-corrected chi connectivity index (χ1v) is 13.7. The molecule has 0 amide bonds. The first kappa shape index (κ1) is 27.9. The summed E-state index contributed by atoms with van der Waals surface area (Å²) in [4.78, 5) is 10.3. The lowest BCUT2D eigenvalue weighted by atomic mass is 9.83. The van der Waals surface area contributed by atoms with Crippen LogP contribution >= 0.6 is 11.6 Å². The van der Waals surface area contributed by atoms with Crippen molar-refractivity contribution < 1.29 is 0 Å². The molecular formula is C34H40ClN3. The molecule has 0 saturated heterocycles. The molecule has 0 aliphatic rings. The van der Waals surface area contributed by atoms with Crippen LogP contribution < -0.4 is 5.32 Å². The number of hydrogen-bond acceptors (Lipinski definition) is 3. The van der Waals surface area contributed by atoms with Crippen LogP contribution in [0.2, 0.25) is 5.02 Å². The monoisotopic (exact) mass is 525 g/mol. The number of rotatable bonds is 4. The fourth-order valence-corrected chi connectivity index (χ4v) is 4.52. The quantitative estimate of drug-likeness (QED) is 0.288. The number of nitrogens with zero attached hydrogens (tertiary/aromatic N) is 2. The predicted octanol–water partition coefficient (Wildman–Crippen LogP) is 10.1. The molecule has 0 radical (unpaired) electrons. The summed E-state index contributed by atoms with van der Waals surface area (Å²) < 4.78 is 0. The molecule has 0 unspecified atom stereocenters. The van der Waals surface area contributed by atoms with Gasteiger partial charge in [0.25, 0.3) is 0 Å². The van der Waals surface area contributed by atoms with E-state index in [-0.39, 0.29) is 16.2 Å². The Morgan fingerprint density at radius 2 is 1.05 bits per heavy atom. The third-order valence-electron chi connectivity index (χ3n) is 6.69. The Balaban J connectivity index is 2.07. The molecule has 4 aromatic rings. The van der Waals surface area contributed by atoms with Crippen LogP contribution in [0.4, 0.5) is 11.4 Å². The first-order valence-electron chi connectivity index (χ1n) is 13.3. The van der Waals surface area contributed by atoms with Gasteiger partial charge in [-0.25, -0.2) is 0 Å². The van der Waals surface area contributed by atoms with Crippen LogP contribution in [-0.4, -0.2) is 9.97 Å². The Kier molecular flexibility index (Phi) is 7.47. The van der Waals surface area contributed by atoms with E-state index in [1.807, 2.05) is 24.3 Å². The molecule has 0 aliphatic carbocycles. The Morgan fingerprint density at radius 1 is 0.579 bits per heavy atom. The third-order valence-corrected chi connectivity index (χ3v) is 6.92. The van der Waals surface area contributed by atoms with Crippen LogP contribution in [0.25, 0.3) is 22.5 Å². The summed E-state index contributed by atoms with van der Waals surface area (Å²) in [6.45, 7) is 19.9. The van der Waals surface area contributed by atoms with Gasteiger partial charge in [0.2, 0.25) is 0 Å². The highest BCUT2D eigenvalue weighted by Crippen LogP contribution is 2.42. The van der Waals surface area contributed by atoms with E-state index in [9.17, 15) is 0 Å². The zero-order valence-electron chi connectivity index (χ0n) is 24.2. The summed E-state index contributed by atoms with van der Waals surface area (Å²) in [6.07, 6.45) is 0. The highest BCUT2D eigenvalue weighted by atomic mass is 35.5. The molecule has 1 N–H and O–H groups in total. The van der Waals surface area contributed by atoms with Crippen LogP contribution in [0, 0.1) is 0 Å². The van der Waals surface area contributed by atoms with Gasteiger partial charge in [0.1, 0.15) is 0 Å². The molecule has 0 bridgehead atoms. The molecule has 0 spiro atoms. The van der Waals surface area contributed by atoms with Crippen molar-refractivity contribution in [1.82, 2.24) is 9.97 Å². The number of nitrogens with one attached hydrogen (secondary N) is 1. The lowest BCUT2D eigenvalue weighted by Crippen LogP contribution is -2.15. The standard InChI is InChI=1S/C34H40ClN3/c1-32(2,3)22-19-25(27-15-11-17-29(37-27)33(4,5)6)31(36-24-14-10-13-23(35)21-24)26(20-22)28-16-12-18-30(38-28)34(7,8)9/h10-21,36H,1-9H3. The van der Waals surface area contributed by atoms with Gasteiger partial charge in [-0.1, -0.05) is 92.1 Å². The van der Waals surface area contributed by atoms with Crippen molar-refractivity contribution in [3.63, 3.8) is 0 Å². The van der Waals surface area contributed by atoms with Gasteiger partial charge in [0, 0.05) is 44.1 Å². The summed E-state index contributed by atoms with van der Waals surface area (Å²) >= 11 is 6.39. The number of benzene rings is 2. The molecule has 0 aliphatic heterocycles. The SMILES string of the molecule is CC(C)(C)c1cc(-c2cccc(C(C)(C)C)n2)c(Nc2cccc(Cl)c2)c(-c2cccc(C(C)(C)C)n2)c1. The van der Waals surface area contributed by atoms with Crippen LogP contribution in [0.1, 0.15) is 79.3 Å². The van der Waals surface area contributed by atoms with Gasteiger partial charge in [-0.2, -0.15) is 0 Å². The minimum atomic E-state index is -0.0681. The Labute approximate surface area is 233 Å². The molecule has 2 aromatic heterocycles. The minimum Gasteiger partial charge on any atom is -0.354 e. The molecule has 0 fully saturated rings. The lowest BCUT2D eigenvalue weighted by molar-refractivity contribution is 0.569. The number of anilines is 2. The summed E-state index contributed by atoms with van der Waals surface area (Å²) in [5, 5.41) is 4.39. The summed E-state index contributed by atoms with van der Waals surface area (Å²) in [5.41, 5.74) is 8.98. The first-order chi connectivity index (χ1) is 17.6. The Bertz CT molecular complexity index is 1370. The van der Waals surface area contributed by atoms with Crippen molar-refractivity contribution in [2.45, 2.75) is 78.6 Å². The molecule has 4 heteroatoms. The molecule has 2 aromatic carbocycles. The van der Waals surface area contributed by atoms with E-state index in [1.54, 1.807) is 0 Å². The third kappa shape index (κ3) is 6.27. The molecule has 198 valence electrons. The lowest BCUT2D eigenvalue weighted by Gasteiger charge is -2.26. The van der Waals surface area contributed by atoms with Crippen molar-refractivity contribution in [3.8, 4) is 22.5 Å². The van der Waals surface area contributed by atoms with Crippen molar-refractivity contribution >= 4 is 23.0 Å². The van der Waals surface area contributed by atoms with Gasteiger partial charge in [0.15, 0.2) is 0 Å². The number of halogens is 1. The fourth-order valence-electron chi connectivity index (χ4n) is 4.33. The average molecular weight is 526 g/mol. The van der Waals surface area contributed by atoms with Gasteiger partial charge in [-0.15, -0.1) is 0 Å². The highest BCUT2D eigenvalue weighted by Gasteiger charge is 2.24. The summed E-state index contributed by atoms with van der Waals surface area (Å²) in [5.74, 6) is 0. The van der Waals surface area contributed by atoms with E-state index >= 15 is 0 Å². The average Bonchev–Trinajstić information content (AvgIpc) is 2.82. The zero-order chi connectivity index (χ0) is 27.9. The molecule has 38 heavy (non-hydrogen) atoms. The predicted molar refractivity (Wildman–Crippen MR) is 164 cm³/mol. The van der Waals surface area contributed by atoms with Gasteiger partial charge >= 0.3 is 0 Å². The molecule has 0 saturated carbocycles. The number of aromatic nitrogens is 2. The van der Waals surface area contributed by atoms with Crippen LogP contribution in [0.15, 0.2) is 72.8 Å². The Hall–Kier alpha value is -3.17. The molecule has 4 rings (SSSR count). The smallest absolute Gasteiger partial charge is 0.0726 e. The minimum absolute atomic E-state index is 0.0659. The molecule has 0 atom stereocenters. The molecular weight excluding hydrogens is 486 g/mol. The van der Waals surface area contributed by atoms with E-state index in [2.05, 4.69) is 116 Å². The maximum absolute atomic E-state index is 6.39. The largest absolute Gasteiger partial charge is 0.354 e. The highest BCUT2D eigenvalue weighted by molar-refractivity contribution is 6.30. The molecule has 3 nitrogen and oxygen atoms in total. The van der Waals surface area contributed by atoms with E-state index in [0.717, 1.165) is 45.3 Å². The number of hydrogen-bond donors (Lipinski definition) is 1. The van der Waals surface area contributed by atoms with E-state index in [4.69, 9.17) is 21.6 Å². The molecule has 2 heterocycles. The van der Waals surface area contributed by atoms with Gasteiger partial charge < -0.3 is 5.32 Å². The second-order valence-corrected chi connectivity index (χ2v) is 13.6. The summed E-state index contributed by atoms with van der Waals surface area (Å²) in [7, 11) is 0. The van der Waals surface area contributed by atoms with E-state index in [0.29, 0.717) is 5.02 Å². The van der Waals surface area contributed by atoms with E-state index in [1.165, 1.54) is 5.56 Å². The van der Waals surface area contributed by atoms with Gasteiger partial charge in [-0.05, 0) is 65.6 Å². The number of pyridine rings is 2. The van der Waals surface area contributed by atoms with Crippen molar-refractivity contribution in [2.24, 2.45) is 0 Å². The maximum Gasteiger partial charge on any atom is 0.0726 e. The van der Waals surface area contributed by atoms with Crippen molar-refractivity contribution in [2.75, 3.05) is 5.32 Å². The second-order valence-electron chi connectivity index (χ2n) is 13.1. The fraction of sp³-hybridized carbons (Fsp3) is 0.353. The van der Waals surface area contributed by atoms with Crippen LogP contribution in [-0.2, 0) is 16.2 Å². The van der Waals surface area contributed by atoms with E-state index < -0.39 is 0 Å².